The van der Waals surface area contributed by atoms with Crippen molar-refractivity contribution in [1.29, 1.82) is 0 Å². The predicted molar refractivity (Wildman–Crippen MR) is 97.6 cm³/mol. The Hall–Kier alpha value is -2.27. The third-order valence-corrected chi connectivity index (χ3v) is 4.70. The number of hydrogen-bond donors (Lipinski definition) is 1. The fraction of sp³-hybridized carbons (Fsp3) is 0.316. The van der Waals surface area contributed by atoms with Gasteiger partial charge in [0.15, 0.2) is 11.5 Å². The van der Waals surface area contributed by atoms with Crippen LogP contribution in [0, 0.1) is 6.92 Å². The first-order valence-electron chi connectivity index (χ1n) is 8.12. The molecular formula is C19H19NO3S. The molecule has 4 rings (SSSR count). The SMILES string of the molecule is CCOc1cc(C)ccc1C1CC(=S)Nc2cc3c(cc21)OCO3. The van der Waals surface area contributed by atoms with Crippen molar-refractivity contribution < 1.29 is 14.2 Å². The van der Waals surface area contributed by atoms with Gasteiger partial charge in [-0.3, -0.25) is 0 Å². The van der Waals surface area contributed by atoms with Crippen molar-refractivity contribution in [2.75, 3.05) is 18.7 Å². The predicted octanol–water partition coefficient (Wildman–Crippen LogP) is 4.40. The summed E-state index contributed by atoms with van der Waals surface area (Å²) in [6.07, 6.45) is 0.755. The molecule has 1 atom stereocenters. The summed E-state index contributed by atoms with van der Waals surface area (Å²) in [6, 6.07) is 10.4. The Balaban J connectivity index is 1.84. The normalized spacial score (nSPS) is 18.1. The summed E-state index contributed by atoms with van der Waals surface area (Å²) in [5, 5.41) is 3.31. The van der Waals surface area contributed by atoms with Gasteiger partial charge in [-0.25, -0.2) is 0 Å². The highest BCUT2D eigenvalue weighted by molar-refractivity contribution is 7.80. The van der Waals surface area contributed by atoms with Crippen LogP contribution in [0.1, 0.15) is 36.0 Å². The molecule has 0 fully saturated rings. The summed E-state index contributed by atoms with van der Waals surface area (Å²) in [7, 11) is 0. The lowest BCUT2D eigenvalue weighted by Gasteiger charge is -2.29. The van der Waals surface area contributed by atoms with E-state index in [2.05, 4.69) is 36.5 Å². The molecular weight excluding hydrogens is 322 g/mol. The number of nitrogens with one attached hydrogen (secondary N) is 1. The van der Waals surface area contributed by atoms with E-state index in [1.165, 1.54) is 5.56 Å². The molecule has 124 valence electrons. The maximum Gasteiger partial charge on any atom is 0.231 e. The number of anilines is 1. The minimum absolute atomic E-state index is 0.144. The quantitative estimate of drug-likeness (QED) is 0.838. The van der Waals surface area contributed by atoms with Gasteiger partial charge in [-0.2, -0.15) is 0 Å². The Morgan fingerprint density at radius 3 is 2.75 bits per heavy atom. The van der Waals surface area contributed by atoms with E-state index >= 15 is 0 Å². The first-order valence-corrected chi connectivity index (χ1v) is 8.53. The zero-order valence-corrected chi connectivity index (χ0v) is 14.5. The summed E-state index contributed by atoms with van der Waals surface area (Å²) < 4.78 is 16.9. The van der Waals surface area contributed by atoms with E-state index in [-0.39, 0.29) is 12.7 Å². The molecule has 2 aliphatic rings. The number of aryl methyl sites for hydroxylation is 1. The molecule has 0 bridgehead atoms. The maximum atomic E-state index is 5.89. The van der Waals surface area contributed by atoms with Gasteiger partial charge >= 0.3 is 0 Å². The lowest BCUT2D eigenvalue weighted by Crippen LogP contribution is -2.22. The second-order valence-corrected chi connectivity index (χ2v) is 6.56. The fourth-order valence-electron chi connectivity index (χ4n) is 3.34. The van der Waals surface area contributed by atoms with Gasteiger partial charge in [0, 0.05) is 29.7 Å². The molecule has 5 heteroatoms. The molecule has 0 amide bonds. The van der Waals surface area contributed by atoms with E-state index in [0.29, 0.717) is 6.61 Å². The Bertz CT molecular complexity index is 818. The second kappa shape index (κ2) is 5.98. The molecule has 0 saturated carbocycles. The van der Waals surface area contributed by atoms with E-state index < -0.39 is 0 Å². The van der Waals surface area contributed by atoms with Crippen molar-refractivity contribution in [2.45, 2.75) is 26.2 Å². The molecule has 1 unspecified atom stereocenters. The first-order chi connectivity index (χ1) is 11.7. The van der Waals surface area contributed by atoms with Crippen molar-refractivity contribution >= 4 is 22.9 Å². The molecule has 0 saturated heterocycles. The van der Waals surface area contributed by atoms with Crippen LogP contribution in [0.15, 0.2) is 30.3 Å². The van der Waals surface area contributed by atoms with Crippen molar-refractivity contribution in [3.05, 3.63) is 47.0 Å². The number of thiocarbonyl (C=S) groups is 1. The second-order valence-electron chi connectivity index (χ2n) is 6.07. The molecule has 0 spiro atoms. The average molecular weight is 341 g/mol. The minimum atomic E-state index is 0.144. The molecule has 2 aromatic rings. The molecule has 2 aromatic carbocycles. The highest BCUT2D eigenvalue weighted by atomic mass is 32.1. The van der Waals surface area contributed by atoms with E-state index in [1.807, 2.05) is 13.0 Å². The highest BCUT2D eigenvalue weighted by Crippen LogP contribution is 2.46. The number of ether oxygens (including phenoxy) is 3. The van der Waals surface area contributed by atoms with E-state index in [0.717, 1.165) is 45.5 Å². The molecule has 4 nitrogen and oxygen atoms in total. The topological polar surface area (TPSA) is 39.7 Å². The highest BCUT2D eigenvalue weighted by Gasteiger charge is 2.30. The van der Waals surface area contributed by atoms with Gasteiger partial charge in [0.2, 0.25) is 6.79 Å². The number of hydrogen-bond acceptors (Lipinski definition) is 4. The van der Waals surface area contributed by atoms with Crippen LogP contribution in [-0.4, -0.2) is 18.4 Å². The van der Waals surface area contributed by atoms with Gasteiger partial charge in [-0.05, 0) is 37.1 Å². The standard InChI is InChI=1S/C19H19NO3S/c1-3-21-16-6-11(2)4-5-12(16)13-8-19(24)20-15-9-18-17(7-14(13)15)22-10-23-18/h4-7,9,13H,3,8,10H2,1-2H3,(H,20,24). The monoisotopic (exact) mass is 341 g/mol. The average Bonchev–Trinajstić information content (AvgIpc) is 3.00. The van der Waals surface area contributed by atoms with Gasteiger partial charge in [0.05, 0.1) is 11.6 Å². The summed E-state index contributed by atoms with van der Waals surface area (Å²) >= 11 is 5.50. The lowest BCUT2D eigenvalue weighted by molar-refractivity contribution is 0.174. The Morgan fingerprint density at radius 2 is 1.96 bits per heavy atom. The van der Waals surface area contributed by atoms with Crippen LogP contribution in [0.5, 0.6) is 17.2 Å². The molecule has 24 heavy (non-hydrogen) atoms. The fourth-order valence-corrected chi connectivity index (χ4v) is 3.61. The molecule has 0 aromatic heterocycles. The third-order valence-electron chi connectivity index (χ3n) is 4.43. The van der Waals surface area contributed by atoms with Crippen LogP contribution < -0.4 is 19.5 Å². The first kappa shape index (κ1) is 15.3. The van der Waals surface area contributed by atoms with E-state index in [9.17, 15) is 0 Å². The maximum absolute atomic E-state index is 5.89. The zero-order chi connectivity index (χ0) is 16.7. The summed E-state index contributed by atoms with van der Waals surface area (Å²) in [5.74, 6) is 2.62. The minimum Gasteiger partial charge on any atom is -0.494 e. The number of rotatable bonds is 3. The van der Waals surface area contributed by atoms with Crippen LogP contribution >= 0.6 is 12.2 Å². The van der Waals surface area contributed by atoms with Gasteiger partial charge in [0.25, 0.3) is 0 Å². The third kappa shape index (κ3) is 2.59. The van der Waals surface area contributed by atoms with Crippen LogP contribution in [-0.2, 0) is 0 Å². The molecule has 0 aliphatic carbocycles. The smallest absolute Gasteiger partial charge is 0.231 e. The van der Waals surface area contributed by atoms with Crippen molar-refractivity contribution in [3.8, 4) is 17.2 Å². The lowest BCUT2D eigenvalue weighted by atomic mass is 9.84. The zero-order valence-electron chi connectivity index (χ0n) is 13.7. The van der Waals surface area contributed by atoms with Crippen LogP contribution in [0.2, 0.25) is 0 Å². The van der Waals surface area contributed by atoms with E-state index in [1.54, 1.807) is 0 Å². The van der Waals surface area contributed by atoms with Crippen molar-refractivity contribution in [3.63, 3.8) is 0 Å². The summed E-state index contributed by atoms with van der Waals surface area (Å²) in [4.78, 5) is 0.828. The van der Waals surface area contributed by atoms with Gasteiger partial charge in [-0.15, -0.1) is 0 Å². The summed E-state index contributed by atoms with van der Waals surface area (Å²) in [6.45, 7) is 4.98. The van der Waals surface area contributed by atoms with Gasteiger partial charge in [-0.1, -0.05) is 24.4 Å². The Labute approximate surface area is 146 Å². The van der Waals surface area contributed by atoms with Crippen molar-refractivity contribution in [1.82, 2.24) is 0 Å². The largest absolute Gasteiger partial charge is 0.494 e. The molecule has 2 aliphatic heterocycles. The van der Waals surface area contributed by atoms with Crippen LogP contribution in [0.3, 0.4) is 0 Å². The number of fused-ring (bicyclic) bond motifs is 2. The molecule has 0 radical (unpaired) electrons. The van der Waals surface area contributed by atoms with Gasteiger partial charge < -0.3 is 19.5 Å². The molecule has 2 heterocycles. The van der Waals surface area contributed by atoms with E-state index in [4.69, 9.17) is 26.4 Å². The van der Waals surface area contributed by atoms with Crippen LogP contribution in [0.4, 0.5) is 5.69 Å². The van der Waals surface area contributed by atoms with Crippen molar-refractivity contribution in [2.24, 2.45) is 0 Å². The summed E-state index contributed by atoms with van der Waals surface area (Å²) in [5.41, 5.74) is 4.50. The molecule has 1 N–H and O–H groups in total. The Kier molecular flexibility index (Phi) is 3.81. The Morgan fingerprint density at radius 1 is 1.17 bits per heavy atom. The number of benzene rings is 2. The van der Waals surface area contributed by atoms with Crippen LogP contribution in [0.25, 0.3) is 0 Å². The van der Waals surface area contributed by atoms with Gasteiger partial charge in [0.1, 0.15) is 5.75 Å².